The molecule has 0 aliphatic heterocycles. The molecule has 0 heterocycles. The average molecular weight is 257 g/mol. The van der Waals surface area contributed by atoms with E-state index in [1.54, 1.807) is 0 Å². The van der Waals surface area contributed by atoms with Gasteiger partial charge in [0.25, 0.3) is 0 Å². The number of halogens is 1. The van der Waals surface area contributed by atoms with Crippen LogP contribution in [0.15, 0.2) is 18.2 Å². The van der Waals surface area contributed by atoms with E-state index in [-0.39, 0.29) is 0 Å². The van der Waals surface area contributed by atoms with Crippen LogP contribution in [0.25, 0.3) is 0 Å². The van der Waals surface area contributed by atoms with Crippen molar-refractivity contribution >= 4 is 34.5 Å². The first-order valence-electron chi connectivity index (χ1n) is 5.29. The van der Waals surface area contributed by atoms with Crippen molar-refractivity contribution in [1.82, 2.24) is 0 Å². The van der Waals surface area contributed by atoms with E-state index in [0.717, 1.165) is 17.7 Å². The van der Waals surface area contributed by atoms with Gasteiger partial charge >= 0.3 is 0 Å². The van der Waals surface area contributed by atoms with Crippen LogP contribution in [0.4, 0.5) is 5.69 Å². The van der Waals surface area contributed by atoms with E-state index in [1.807, 2.05) is 18.2 Å². The Morgan fingerprint density at radius 2 is 2.19 bits per heavy atom. The van der Waals surface area contributed by atoms with Crippen LogP contribution >= 0.6 is 23.8 Å². The van der Waals surface area contributed by atoms with E-state index < -0.39 is 0 Å². The smallest absolute Gasteiger partial charge is 0.105 e. The van der Waals surface area contributed by atoms with Crippen molar-refractivity contribution in [2.45, 2.75) is 26.3 Å². The standard InChI is InChI=1S/C12H17ClN2S/c1-4-8(2)15(3)9-5-6-10(12(14)16)11(13)7-9/h5-8H,4H2,1-3H3,(H2,14,16). The van der Waals surface area contributed by atoms with Crippen LogP contribution in [0, 0.1) is 0 Å². The molecule has 16 heavy (non-hydrogen) atoms. The second-order valence-corrected chi connectivity index (χ2v) is 4.74. The van der Waals surface area contributed by atoms with E-state index in [9.17, 15) is 0 Å². The van der Waals surface area contributed by atoms with E-state index >= 15 is 0 Å². The summed E-state index contributed by atoms with van der Waals surface area (Å²) < 4.78 is 0. The lowest BCUT2D eigenvalue weighted by molar-refractivity contribution is 0.664. The third-order valence-electron chi connectivity index (χ3n) is 2.88. The van der Waals surface area contributed by atoms with Gasteiger partial charge in [-0.15, -0.1) is 0 Å². The minimum absolute atomic E-state index is 0.336. The number of anilines is 1. The lowest BCUT2D eigenvalue weighted by Gasteiger charge is -2.26. The Balaban J connectivity index is 3.01. The summed E-state index contributed by atoms with van der Waals surface area (Å²) in [5, 5.41) is 0.611. The Bertz CT molecular complexity index is 393. The van der Waals surface area contributed by atoms with Gasteiger partial charge in [0.2, 0.25) is 0 Å². The minimum Gasteiger partial charge on any atom is -0.389 e. The molecule has 0 aliphatic rings. The number of hydrogen-bond acceptors (Lipinski definition) is 2. The molecule has 0 fully saturated rings. The maximum absolute atomic E-state index is 6.12. The maximum Gasteiger partial charge on any atom is 0.105 e. The Hall–Kier alpha value is -0.800. The molecule has 1 aromatic rings. The summed E-state index contributed by atoms with van der Waals surface area (Å²) in [4.78, 5) is 2.53. The van der Waals surface area contributed by atoms with Crippen molar-refractivity contribution in [1.29, 1.82) is 0 Å². The Kier molecular flexibility index (Phi) is 4.56. The zero-order chi connectivity index (χ0) is 12.3. The molecule has 0 aliphatic carbocycles. The van der Waals surface area contributed by atoms with Crippen LogP contribution in [0.3, 0.4) is 0 Å². The van der Waals surface area contributed by atoms with Crippen LogP contribution < -0.4 is 10.6 Å². The zero-order valence-electron chi connectivity index (χ0n) is 9.83. The third kappa shape index (κ3) is 2.86. The number of nitrogens with zero attached hydrogens (tertiary/aromatic N) is 1. The van der Waals surface area contributed by atoms with Crippen molar-refractivity contribution in [2.75, 3.05) is 11.9 Å². The predicted molar refractivity (Wildman–Crippen MR) is 75.5 cm³/mol. The Labute approximate surface area is 107 Å². The van der Waals surface area contributed by atoms with Crippen molar-refractivity contribution < 1.29 is 0 Å². The van der Waals surface area contributed by atoms with Gasteiger partial charge in [-0.25, -0.2) is 0 Å². The van der Waals surface area contributed by atoms with Gasteiger partial charge in [0.15, 0.2) is 0 Å². The number of rotatable bonds is 4. The quantitative estimate of drug-likeness (QED) is 0.839. The first kappa shape index (κ1) is 13.3. The summed E-state index contributed by atoms with van der Waals surface area (Å²) in [5.41, 5.74) is 7.38. The Morgan fingerprint density at radius 3 is 2.62 bits per heavy atom. The van der Waals surface area contributed by atoms with Gasteiger partial charge in [0.1, 0.15) is 4.99 Å². The highest BCUT2D eigenvalue weighted by atomic mass is 35.5. The SMILES string of the molecule is CCC(C)N(C)c1ccc(C(N)=S)c(Cl)c1. The second kappa shape index (κ2) is 5.51. The number of nitrogens with two attached hydrogens (primary N) is 1. The largest absolute Gasteiger partial charge is 0.389 e. The lowest BCUT2D eigenvalue weighted by atomic mass is 10.1. The molecule has 1 aromatic carbocycles. The van der Waals surface area contributed by atoms with Gasteiger partial charge in [0, 0.05) is 24.3 Å². The highest BCUT2D eigenvalue weighted by Gasteiger charge is 2.10. The topological polar surface area (TPSA) is 29.3 Å². The number of hydrogen-bond donors (Lipinski definition) is 1. The summed E-state index contributed by atoms with van der Waals surface area (Å²) >= 11 is 11.0. The molecular weight excluding hydrogens is 240 g/mol. The fourth-order valence-electron chi connectivity index (χ4n) is 1.45. The highest BCUT2D eigenvalue weighted by Crippen LogP contribution is 2.24. The van der Waals surface area contributed by atoms with E-state index in [4.69, 9.17) is 29.6 Å². The summed E-state index contributed by atoms with van der Waals surface area (Å²) in [6, 6.07) is 6.25. The molecule has 0 bridgehead atoms. The molecule has 88 valence electrons. The normalized spacial score (nSPS) is 12.2. The van der Waals surface area contributed by atoms with Crippen LogP contribution in [-0.4, -0.2) is 18.1 Å². The Morgan fingerprint density at radius 1 is 1.56 bits per heavy atom. The monoisotopic (exact) mass is 256 g/mol. The molecule has 2 N–H and O–H groups in total. The zero-order valence-corrected chi connectivity index (χ0v) is 11.4. The minimum atomic E-state index is 0.336. The molecule has 1 unspecified atom stereocenters. The van der Waals surface area contributed by atoms with Crippen molar-refractivity contribution in [3.8, 4) is 0 Å². The van der Waals surface area contributed by atoms with Crippen LogP contribution in [0.2, 0.25) is 5.02 Å². The molecule has 0 amide bonds. The molecule has 0 spiro atoms. The fraction of sp³-hybridized carbons (Fsp3) is 0.417. The lowest BCUT2D eigenvalue weighted by Crippen LogP contribution is -2.28. The van der Waals surface area contributed by atoms with Gasteiger partial charge in [-0.05, 0) is 31.5 Å². The van der Waals surface area contributed by atoms with Crippen molar-refractivity contribution in [3.05, 3.63) is 28.8 Å². The third-order valence-corrected chi connectivity index (χ3v) is 3.41. The van der Waals surface area contributed by atoms with Crippen LogP contribution in [0.1, 0.15) is 25.8 Å². The molecule has 1 atom stereocenters. The van der Waals surface area contributed by atoms with Gasteiger partial charge in [-0.2, -0.15) is 0 Å². The molecule has 1 rings (SSSR count). The summed E-state index contributed by atoms with van der Waals surface area (Å²) in [6.45, 7) is 4.33. The van der Waals surface area contributed by atoms with Crippen molar-refractivity contribution in [2.24, 2.45) is 5.73 Å². The van der Waals surface area contributed by atoms with Crippen molar-refractivity contribution in [3.63, 3.8) is 0 Å². The molecule has 0 saturated heterocycles. The van der Waals surface area contributed by atoms with E-state index in [0.29, 0.717) is 16.1 Å². The molecular formula is C12H17ClN2S. The van der Waals surface area contributed by atoms with Gasteiger partial charge in [-0.1, -0.05) is 30.7 Å². The van der Waals surface area contributed by atoms with Gasteiger partial charge < -0.3 is 10.6 Å². The first-order valence-corrected chi connectivity index (χ1v) is 6.08. The first-order chi connectivity index (χ1) is 7.47. The highest BCUT2D eigenvalue weighted by molar-refractivity contribution is 7.80. The molecule has 0 saturated carbocycles. The van der Waals surface area contributed by atoms with Gasteiger partial charge in [0.05, 0.1) is 5.02 Å². The molecule has 0 radical (unpaired) electrons. The van der Waals surface area contributed by atoms with Crippen LogP contribution in [-0.2, 0) is 0 Å². The average Bonchev–Trinajstić information content (AvgIpc) is 2.26. The van der Waals surface area contributed by atoms with E-state index in [2.05, 4.69) is 25.8 Å². The van der Waals surface area contributed by atoms with E-state index in [1.165, 1.54) is 0 Å². The summed E-state index contributed by atoms with van der Waals surface area (Å²) in [6.07, 6.45) is 1.09. The number of thiocarbonyl (C=S) groups is 1. The molecule has 2 nitrogen and oxygen atoms in total. The number of benzene rings is 1. The molecule has 0 aromatic heterocycles. The fourth-order valence-corrected chi connectivity index (χ4v) is 1.96. The van der Waals surface area contributed by atoms with Gasteiger partial charge in [-0.3, -0.25) is 0 Å². The molecule has 4 heteroatoms. The maximum atomic E-state index is 6.12. The van der Waals surface area contributed by atoms with Crippen LogP contribution in [0.5, 0.6) is 0 Å². The second-order valence-electron chi connectivity index (χ2n) is 3.90. The summed E-state index contributed by atoms with van der Waals surface area (Å²) in [7, 11) is 2.06. The predicted octanol–water partition coefficient (Wildman–Crippen LogP) is 3.21. The summed E-state index contributed by atoms with van der Waals surface area (Å²) in [5.74, 6) is 0.